The molecule has 0 radical (unpaired) electrons. The number of ether oxygens (including phenoxy) is 1. The summed E-state index contributed by atoms with van der Waals surface area (Å²) in [7, 11) is 1.55. The average molecular weight is 444 g/mol. The molecule has 0 spiro atoms. The number of nitrogens with one attached hydrogen (secondary N) is 2. The molecule has 0 aliphatic carbocycles. The molecule has 162 valence electrons. The van der Waals surface area contributed by atoms with E-state index in [-0.39, 0.29) is 30.1 Å². The van der Waals surface area contributed by atoms with E-state index in [0.717, 1.165) is 11.1 Å². The van der Waals surface area contributed by atoms with Crippen molar-refractivity contribution in [3.8, 4) is 0 Å². The number of thioether (sulfide) groups is 1. The summed E-state index contributed by atoms with van der Waals surface area (Å²) in [6.45, 7) is 0.758. The SMILES string of the molecule is COCCNC(=O)Cc1nc(SCc2ccc(F)cc2)[nH]c(=O)c1Cc1cncnc1. The first-order valence-corrected chi connectivity index (χ1v) is 10.5. The van der Waals surface area contributed by atoms with Crippen LogP contribution in [0.25, 0.3) is 0 Å². The number of carbonyl (C=O) groups is 1. The summed E-state index contributed by atoms with van der Waals surface area (Å²) in [5.41, 5.74) is 2.09. The number of hydrogen-bond donors (Lipinski definition) is 2. The van der Waals surface area contributed by atoms with E-state index in [1.54, 1.807) is 31.6 Å². The Morgan fingerprint density at radius 3 is 2.65 bits per heavy atom. The van der Waals surface area contributed by atoms with Gasteiger partial charge in [0.1, 0.15) is 12.1 Å². The van der Waals surface area contributed by atoms with Crippen LogP contribution in [0, 0.1) is 5.82 Å². The Morgan fingerprint density at radius 2 is 1.94 bits per heavy atom. The molecule has 0 saturated carbocycles. The van der Waals surface area contributed by atoms with Crippen LogP contribution in [0.15, 0.2) is 52.9 Å². The summed E-state index contributed by atoms with van der Waals surface area (Å²) in [6, 6.07) is 6.11. The summed E-state index contributed by atoms with van der Waals surface area (Å²) in [5.74, 6) is -0.0688. The molecule has 0 fully saturated rings. The monoisotopic (exact) mass is 443 g/mol. The van der Waals surface area contributed by atoms with Crippen LogP contribution in [0.1, 0.15) is 22.4 Å². The maximum Gasteiger partial charge on any atom is 0.255 e. The predicted molar refractivity (Wildman–Crippen MR) is 114 cm³/mol. The van der Waals surface area contributed by atoms with E-state index in [2.05, 4.69) is 25.3 Å². The molecule has 31 heavy (non-hydrogen) atoms. The zero-order chi connectivity index (χ0) is 22.1. The first-order valence-electron chi connectivity index (χ1n) is 9.54. The predicted octanol–water partition coefficient (Wildman–Crippen LogP) is 1.89. The molecular weight excluding hydrogens is 421 g/mol. The number of halogens is 1. The standard InChI is InChI=1S/C21H22FN5O3S/c1-30-7-6-25-19(28)9-18-17(8-15-10-23-13-24-11-15)20(29)27-21(26-18)31-12-14-2-4-16(22)5-3-14/h2-5,10-11,13H,6-9,12H2,1H3,(H,25,28)(H,26,27,29). The van der Waals surface area contributed by atoms with E-state index in [1.165, 1.54) is 30.2 Å². The second-order valence-corrected chi connectivity index (χ2v) is 7.62. The maximum absolute atomic E-state index is 13.1. The van der Waals surface area contributed by atoms with E-state index in [1.807, 2.05) is 0 Å². The van der Waals surface area contributed by atoms with Gasteiger partial charge in [0.25, 0.3) is 5.56 Å². The number of rotatable bonds is 10. The molecule has 3 rings (SSSR count). The van der Waals surface area contributed by atoms with Crippen LogP contribution < -0.4 is 10.9 Å². The second kappa shape index (κ2) is 11.3. The summed E-state index contributed by atoms with van der Waals surface area (Å²) in [4.78, 5) is 40.4. The van der Waals surface area contributed by atoms with Gasteiger partial charge >= 0.3 is 0 Å². The zero-order valence-electron chi connectivity index (χ0n) is 16.9. The molecule has 0 aliphatic heterocycles. The third kappa shape index (κ3) is 6.97. The fraction of sp³-hybridized carbons (Fsp3) is 0.286. The molecule has 1 aromatic carbocycles. The van der Waals surface area contributed by atoms with Crippen LogP contribution in [-0.2, 0) is 28.1 Å². The van der Waals surface area contributed by atoms with Crippen molar-refractivity contribution in [2.24, 2.45) is 0 Å². The van der Waals surface area contributed by atoms with Gasteiger partial charge < -0.3 is 15.0 Å². The topological polar surface area (TPSA) is 110 Å². The minimum atomic E-state index is -0.319. The molecule has 3 aromatic rings. The van der Waals surface area contributed by atoms with Crippen LogP contribution >= 0.6 is 11.8 Å². The third-order valence-corrected chi connectivity index (χ3v) is 5.26. The highest BCUT2D eigenvalue weighted by Crippen LogP contribution is 2.20. The van der Waals surface area contributed by atoms with Crippen molar-refractivity contribution < 1.29 is 13.9 Å². The molecule has 2 heterocycles. The third-order valence-electron chi connectivity index (χ3n) is 4.32. The van der Waals surface area contributed by atoms with E-state index < -0.39 is 0 Å². The quantitative estimate of drug-likeness (QED) is 0.280. The number of benzene rings is 1. The van der Waals surface area contributed by atoms with Crippen molar-refractivity contribution in [1.82, 2.24) is 25.3 Å². The van der Waals surface area contributed by atoms with Crippen molar-refractivity contribution in [3.05, 3.63) is 81.5 Å². The highest BCUT2D eigenvalue weighted by Gasteiger charge is 2.16. The first-order chi connectivity index (χ1) is 15.0. The van der Waals surface area contributed by atoms with Crippen LogP contribution in [0.3, 0.4) is 0 Å². The van der Waals surface area contributed by atoms with Crippen molar-refractivity contribution in [1.29, 1.82) is 0 Å². The molecule has 2 aromatic heterocycles. The number of amides is 1. The Kier molecular flexibility index (Phi) is 8.25. The normalized spacial score (nSPS) is 10.8. The molecule has 2 N–H and O–H groups in total. The lowest BCUT2D eigenvalue weighted by Crippen LogP contribution is -2.30. The van der Waals surface area contributed by atoms with Gasteiger partial charge in [-0.05, 0) is 23.3 Å². The lowest BCUT2D eigenvalue weighted by Gasteiger charge is -2.11. The van der Waals surface area contributed by atoms with Crippen LogP contribution in [0.5, 0.6) is 0 Å². The molecule has 0 aliphatic rings. The molecule has 0 atom stereocenters. The van der Waals surface area contributed by atoms with Gasteiger partial charge in [-0.1, -0.05) is 23.9 Å². The average Bonchev–Trinajstić information content (AvgIpc) is 2.76. The van der Waals surface area contributed by atoms with Crippen molar-refractivity contribution in [2.45, 2.75) is 23.8 Å². The van der Waals surface area contributed by atoms with E-state index in [4.69, 9.17) is 4.74 Å². The zero-order valence-corrected chi connectivity index (χ0v) is 17.7. The van der Waals surface area contributed by atoms with Gasteiger partial charge in [-0.25, -0.2) is 19.3 Å². The van der Waals surface area contributed by atoms with Crippen molar-refractivity contribution >= 4 is 17.7 Å². The summed E-state index contributed by atoms with van der Waals surface area (Å²) < 4.78 is 18.0. The van der Waals surface area contributed by atoms with E-state index in [9.17, 15) is 14.0 Å². The molecule has 10 heteroatoms. The number of carbonyl (C=O) groups excluding carboxylic acids is 1. The smallest absolute Gasteiger partial charge is 0.255 e. The molecule has 8 nitrogen and oxygen atoms in total. The number of aromatic amines is 1. The number of hydrogen-bond acceptors (Lipinski definition) is 7. The van der Waals surface area contributed by atoms with E-state index in [0.29, 0.717) is 35.3 Å². The van der Waals surface area contributed by atoms with Gasteiger partial charge in [-0.3, -0.25) is 9.59 Å². The number of H-pyrrole nitrogens is 1. The van der Waals surface area contributed by atoms with Crippen LogP contribution in [0.4, 0.5) is 4.39 Å². The first kappa shape index (κ1) is 22.6. The molecule has 1 amide bonds. The van der Waals surface area contributed by atoms with Gasteiger partial charge in [0, 0.05) is 43.8 Å². The fourth-order valence-electron chi connectivity index (χ4n) is 2.78. The lowest BCUT2D eigenvalue weighted by atomic mass is 10.1. The Hall–Kier alpha value is -3.11. The summed E-state index contributed by atoms with van der Waals surface area (Å²) >= 11 is 1.31. The molecule has 0 saturated heterocycles. The molecule has 0 unspecified atom stereocenters. The van der Waals surface area contributed by atoms with Crippen molar-refractivity contribution in [2.75, 3.05) is 20.3 Å². The highest BCUT2D eigenvalue weighted by molar-refractivity contribution is 7.98. The minimum Gasteiger partial charge on any atom is -0.383 e. The van der Waals surface area contributed by atoms with E-state index >= 15 is 0 Å². The Balaban J connectivity index is 1.82. The second-order valence-electron chi connectivity index (χ2n) is 6.65. The number of nitrogens with zero attached hydrogens (tertiary/aromatic N) is 3. The van der Waals surface area contributed by atoms with Gasteiger partial charge in [0.05, 0.1) is 18.7 Å². The molecular formula is C21H22FN5O3S. The largest absolute Gasteiger partial charge is 0.383 e. The van der Waals surface area contributed by atoms with Gasteiger partial charge in [-0.15, -0.1) is 0 Å². The summed E-state index contributed by atoms with van der Waals surface area (Å²) in [6.07, 6.45) is 4.86. The van der Waals surface area contributed by atoms with Crippen molar-refractivity contribution in [3.63, 3.8) is 0 Å². The number of methoxy groups -OCH3 is 1. The molecule has 0 bridgehead atoms. The van der Waals surface area contributed by atoms with Gasteiger partial charge in [-0.2, -0.15) is 0 Å². The minimum absolute atomic E-state index is 0.0409. The lowest BCUT2D eigenvalue weighted by molar-refractivity contribution is -0.120. The Bertz CT molecular complexity index is 1060. The van der Waals surface area contributed by atoms with Gasteiger partial charge in [0.2, 0.25) is 5.91 Å². The Morgan fingerprint density at radius 1 is 1.19 bits per heavy atom. The fourth-order valence-corrected chi connectivity index (χ4v) is 3.62. The number of aromatic nitrogens is 4. The summed E-state index contributed by atoms with van der Waals surface area (Å²) in [5, 5.41) is 3.13. The van der Waals surface area contributed by atoms with Crippen LogP contribution in [-0.4, -0.2) is 46.1 Å². The van der Waals surface area contributed by atoms with Crippen LogP contribution in [0.2, 0.25) is 0 Å². The maximum atomic E-state index is 13.1. The highest BCUT2D eigenvalue weighted by atomic mass is 32.2. The van der Waals surface area contributed by atoms with Gasteiger partial charge in [0.15, 0.2) is 5.16 Å². The Labute approximate surface area is 182 Å².